The Bertz CT molecular complexity index is 790. The van der Waals surface area contributed by atoms with Gasteiger partial charge in [0.1, 0.15) is 11.4 Å². The van der Waals surface area contributed by atoms with Crippen LogP contribution in [0.15, 0.2) is 54.6 Å². The van der Waals surface area contributed by atoms with E-state index in [1.165, 1.54) is 0 Å². The van der Waals surface area contributed by atoms with E-state index in [4.69, 9.17) is 11.6 Å². The second-order valence-corrected chi connectivity index (χ2v) is 5.07. The summed E-state index contributed by atoms with van der Waals surface area (Å²) < 4.78 is 0. The molecule has 0 saturated carbocycles. The second-order valence-electron chi connectivity index (χ2n) is 4.64. The number of benzene rings is 3. The van der Waals surface area contributed by atoms with E-state index in [2.05, 4.69) is 11.1 Å². The Kier molecular flexibility index (Phi) is 4.58. The molecule has 5 heteroatoms. The average molecular weight is 321 g/mol. The SMILES string of the molecule is [Cl-].[NH3+]c1ccc(Nc2cccc(O)c2)c2ccc(Cl)cc12. The van der Waals surface area contributed by atoms with Crippen molar-refractivity contribution < 1.29 is 23.2 Å². The third kappa shape index (κ3) is 3.22. The first-order valence-electron chi connectivity index (χ1n) is 6.24. The topological polar surface area (TPSA) is 59.9 Å². The van der Waals surface area contributed by atoms with Crippen LogP contribution in [-0.2, 0) is 0 Å². The zero-order valence-corrected chi connectivity index (χ0v) is 12.6. The molecule has 0 bridgehead atoms. The lowest BCUT2D eigenvalue weighted by Gasteiger charge is -2.11. The van der Waals surface area contributed by atoms with Gasteiger partial charge in [0.15, 0.2) is 0 Å². The van der Waals surface area contributed by atoms with Crippen molar-refractivity contribution in [2.24, 2.45) is 0 Å². The fourth-order valence-corrected chi connectivity index (χ4v) is 2.40. The third-order valence-corrected chi connectivity index (χ3v) is 3.43. The van der Waals surface area contributed by atoms with Crippen molar-refractivity contribution in [1.82, 2.24) is 0 Å². The predicted octanol–water partition coefficient (Wildman–Crippen LogP) is 0.820. The zero-order valence-electron chi connectivity index (χ0n) is 11.1. The van der Waals surface area contributed by atoms with Gasteiger partial charge in [0, 0.05) is 39.3 Å². The quantitative estimate of drug-likeness (QED) is 0.654. The van der Waals surface area contributed by atoms with Gasteiger partial charge in [0.25, 0.3) is 0 Å². The molecular weight excluding hydrogens is 307 g/mol. The molecule has 0 fully saturated rings. The maximum absolute atomic E-state index is 9.52. The van der Waals surface area contributed by atoms with E-state index in [0.717, 1.165) is 27.8 Å². The third-order valence-electron chi connectivity index (χ3n) is 3.19. The van der Waals surface area contributed by atoms with E-state index in [1.54, 1.807) is 18.2 Å². The minimum atomic E-state index is 0. The summed E-state index contributed by atoms with van der Waals surface area (Å²) in [5.74, 6) is 0.233. The first kappa shape index (κ1) is 15.4. The molecule has 0 atom stereocenters. The lowest BCUT2D eigenvalue weighted by Crippen LogP contribution is -3.00. The van der Waals surface area contributed by atoms with Crippen molar-refractivity contribution >= 4 is 39.4 Å². The van der Waals surface area contributed by atoms with Gasteiger partial charge in [0.2, 0.25) is 0 Å². The molecule has 0 heterocycles. The van der Waals surface area contributed by atoms with Crippen LogP contribution in [0.4, 0.5) is 17.1 Å². The monoisotopic (exact) mass is 320 g/mol. The first-order chi connectivity index (χ1) is 9.63. The van der Waals surface area contributed by atoms with Crippen molar-refractivity contribution in [3.63, 3.8) is 0 Å². The van der Waals surface area contributed by atoms with Crippen LogP contribution >= 0.6 is 11.6 Å². The van der Waals surface area contributed by atoms with Gasteiger partial charge in [-0.3, -0.25) is 0 Å². The van der Waals surface area contributed by atoms with E-state index in [1.807, 2.05) is 36.4 Å². The molecule has 3 aromatic carbocycles. The molecule has 0 aromatic heterocycles. The molecule has 21 heavy (non-hydrogen) atoms. The van der Waals surface area contributed by atoms with Crippen molar-refractivity contribution in [2.45, 2.75) is 0 Å². The van der Waals surface area contributed by atoms with E-state index < -0.39 is 0 Å². The Labute approximate surface area is 133 Å². The fourth-order valence-electron chi connectivity index (χ4n) is 2.23. The summed E-state index contributed by atoms with van der Waals surface area (Å²) in [7, 11) is 0. The molecule has 3 aromatic rings. The van der Waals surface area contributed by atoms with Crippen molar-refractivity contribution in [1.29, 1.82) is 0 Å². The first-order valence-corrected chi connectivity index (χ1v) is 6.61. The van der Waals surface area contributed by atoms with Crippen LogP contribution in [0.1, 0.15) is 0 Å². The molecule has 0 aliphatic rings. The van der Waals surface area contributed by atoms with Gasteiger partial charge >= 0.3 is 0 Å². The minimum absolute atomic E-state index is 0. The summed E-state index contributed by atoms with van der Waals surface area (Å²) in [6.45, 7) is 0. The lowest BCUT2D eigenvalue weighted by molar-refractivity contribution is -0.252. The Morgan fingerprint density at radius 1 is 0.952 bits per heavy atom. The molecule has 0 radical (unpaired) electrons. The highest BCUT2D eigenvalue weighted by atomic mass is 35.5. The van der Waals surface area contributed by atoms with Gasteiger partial charge in [-0.25, -0.2) is 0 Å². The highest BCUT2D eigenvalue weighted by Crippen LogP contribution is 2.32. The Balaban J connectivity index is 0.00000161. The number of rotatable bonds is 2. The summed E-state index contributed by atoms with van der Waals surface area (Å²) in [6, 6.07) is 16.7. The number of phenolic OH excluding ortho intramolecular Hbond substituents is 1. The molecule has 0 aliphatic heterocycles. The molecule has 0 unspecified atom stereocenters. The van der Waals surface area contributed by atoms with Crippen LogP contribution < -0.4 is 23.5 Å². The van der Waals surface area contributed by atoms with Crippen LogP contribution in [-0.4, -0.2) is 5.11 Å². The summed E-state index contributed by atoms with van der Waals surface area (Å²) in [5, 5.41) is 15.6. The predicted molar refractivity (Wildman–Crippen MR) is 82.9 cm³/mol. The van der Waals surface area contributed by atoms with Crippen molar-refractivity contribution in [3.05, 3.63) is 59.6 Å². The van der Waals surface area contributed by atoms with E-state index in [-0.39, 0.29) is 18.2 Å². The standard InChI is InChI=1S/C16H13ClN2O.ClH/c17-10-4-5-13-14(8-10)15(18)6-7-16(13)19-11-2-1-3-12(20)9-11;/h1-9,19-20H,18H2;1H. The maximum Gasteiger partial charge on any atom is 0.136 e. The molecule has 0 saturated heterocycles. The number of halogens is 2. The second kappa shape index (κ2) is 6.22. The Hall–Kier alpha value is -1.94. The zero-order chi connectivity index (χ0) is 14.1. The van der Waals surface area contributed by atoms with Crippen LogP contribution in [0.25, 0.3) is 10.8 Å². The summed E-state index contributed by atoms with van der Waals surface area (Å²) in [5.41, 5.74) is 6.74. The molecule has 5 N–H and O–H groups in total. The molecule has 3 rings (SSSR count). The number of aromatic hydroxyl groups is 1. The molecule has 108 valence electrons. The highest BCUT2D eigenvalue weighted by Gasteiger charge is 2.07. The number of anilines is 2. The van der Waals surface area contributed by atoms with Crippen LogP contribution in [0, 0.1) is 0 Å². The van der Waals surface area contributed by atoms with Gasteiger partial charge < -0.3 is 28.6 Å². The van der Waals surface area contributed by atoms with Gasteiger partial charge in [-0.1, -0.05) is 23.7 Å². The van der Waals surface area contributed by atoms with Gasteiger partial charge in [0.05, 0.1) is 0 Å². The van der Waals surface area contributed by atoms with Gasteiger partial charge in [-0.05, 0) is 30.3 Å². The van der Waals surface area contributed by atoms with E-state index in [0.29, 0.717) is 5.02 Å². The molecule has 3 nitrogen and oxygen atoms in total. The van der Waals surface area contributed by atoms with Crippen LogP contribution in [0.2, 0.25) is 5.02 Å². The number of hydrogen-bond donors (Lipinski definition) is 3. The largest absolute Gasteiger partial charge is 1.00 e. The molecular formula is C16H14Cl2N2O. The number of phenols is 1. The number of quaternary nitrogens is 1. The lowest BCUT2D eigenvalue weighted by atomic mass is 10.1. The maximum atomic E-state index is 9.52. The van der Waals surface area contributed by atoms with Gasteiger partial charge in [-0.15, -0.1) is 0 Å². The fraction of sp³-hybridized carbons (Fsp3) is 0. The summed E-state index contributed by atoms with van der Waals surface area (Å²) in [4.78, 5) is 0. The molecule has 0 spiro atoms. The normalized spacial score (nSPS) is 10.2. The Morgan fingerprint density at radius 3 is 2.52 bits per heavy atom. The smallest absolute Gasteiger partial charge is 0.136 e. The number of hydrogen-bond acceptors (Lipinski definition) is 2. The van der Waals surface area contributed by atoms with Crippen LogP contribution in [0.3, 0.4) is 0 Å². The van der Waals surface area contributed by atoms with E-state index in [9.17, 15) is 5.11 Å². The summed E-state index contributed by atoms with van der Waals surface area (Å²) >= 11 is 6.04. The van der Waals surface area contributed by atoms with Crippen molar-refractivity contribution in [3.8, 4) is 5.75 Å². The Morgan fingerprint density at radius 2 is 1.76 bits per heavy atom. The number of fused-ring (bicyclic) bond motifs is 1. The summed E-state index contributed by atoms with van der Waals surface area (Å²) in [6.07, 6.45) is 0. The van der Waals surface area contributed by atoms with Crippen LogP contribution in [0.5, 0.6) is 5.75 Å². The van der Waals surface area contributed by atoms with E-state index >= 15 is 0 Å². The highest BCUT2D eigenvalue weighted by molar-refractivity contribution is 6.31. The average Bonchev–Trinajstić information content (AvgIpc) is 2.42. The number of nitrogens with one attached hydrogen (secondary N) is 1. The minimum Gasteiger partial charge on any atom is -1.00 e. The molecule has 0 aliphatic carbocycles. The molecule has 0 amide bonds. The van der Waals surface area contributed by atoms with Crippen molar-refractivity contribution in [2.75, 3.05) is 5.32 Å². The van der Waals surface area contributed by atoms with Gasteiger partial charge in [-0.2, -0.15) is 0 Å².